The minimum Gasteiger partial charge on any atom is -0.493 e. The monoisotopic (exact) mass is 398 g/mol. The van der Waals surface area contributed by atoms with Crippen molar-refractivity contribution in [3.8, 4) is 17.2 Å². The number of hydrogen-bond acceptors (Lipinski definition) is 6. The number of nitrogens with one attached hydrogen (secondary N) is 1. The van der Waals surface area contributed by atoms with Gasteiger partial charge in [0.1, 0.15) is 0 Å². The highest BCUT2D eigenvalue weighted by molar-refractivity contribution is 5.95. The Morgan fingerprint density at radius 3 is 2.00 bits per heavy atom. The van der Waals surface area contributed by atoms with E-state index in [0.29, 0.717) is 22.6 Å². The molecule has 0 spiro atoms. The van der Waals surface area contributed by atoms with Gasteiger partial charge >= 0.3 is 5.97 Å². The highest BCUT2D eigenvalue weighted by Crippen LogP contribution is 2.38. The number of rotatable bonds is 6. The third kappa shape index (κ3) is 5.81. The number of ether oxygens (including phenoxy) is 3. The fourth-order valence-electron chi connectivity index (χ4n) is 2.57. The largest absolute Gasteiger partial charge is 0.493 e. The maximum atomic E-state index is 12.3. The number of carbonyl (C=O) groups excluding carboxylic acids is 2. The zero-order valence-electron chi connectivity index (χ0n) is 17.5. The summed E-state index contributed by atoms with van der Waals surface area (Å²) in [5.41, 5.74) is 4.76. The minimum atomic E-state index is -0.493. The summed E-state index contributed by atoms with van der Waals surface area (Å²) in [6.45, 7) is 7.63. The molecular formula is C22H26N2O5. The average Bonchev–Trinajstić information content (AvgIpc) is 2.67. The van der Waals surface area contributed by atoms with Crippen molar-refractivity contribution in [2.75, 3.05) is 14.2 Å². The molecule has 0 aliphatic heterocycles. The Kier molecular flexibility index (Phi) is 6.98. The lowest BCUT2D eigenvalue weighted by atomic mass is 9.87. The summed E-state index contributed by atoms with van der Waals surface area (Å²) in [4.78, 5) is 23.6. The number of hydrogen-bond donors (Lipinski definition) is 1. The first kappa shape index (κ1) is 21.9. The van der Waals surface area contributed by atoms with Gasteiger partial charge in [0.15, 0.2) is 11.5 Å². The van der Waals surface area contributed by atoms with Gasteiger partial charge in [-0.05, 0) is 35.2 Å². The van der Waals surface area contributed by atoms with E-state index in [1.54, 1.807) is 24.3 Å². The lowest BCUT2D eigenvalue weighted by Gasteiger charge is -2.18. The summed E-state index contributed by atoms with van der Waals surface area (Å²) < 4.78 is 15.7. The summed E-state index contributed by atoms with van der Waals surface area (Å²) in [5, 5.41) is 3.99. The molecule has 154 valence electrons. The minimum absolute atomic E-state index is 0.0174. The van der Waals surface area contributed by atoms with Crippen molar-refractivity contribution in [2.24, 2.45) is 5.10 Å². The van der Waals surface area contributed by atoms with Crippen molar-refractivity contribution < 1.29 is 23.8 Å². The number of carbonyl (C=O) groups is 2. The van der Waals surface area contributed by atoms with Gasteiger partial charge in [-0.1, -0.05) is 32.9 Å². The Morgan fingerprint density at radius 1 is 1.00 bits per heavy atom. The molecule has 0 bridgehead atoms. The van der Waals surface area contributed by atoms with E-state index in [1.807, 2.05) is 12.1 Å². The molecule has 0 saturated carbocycles. The molecule has 29 heavy (non-hydrogen) atoms. The fraction of sp³-hybridized carbons (Fsp3) is 0.318. The van der Waals surface area contributed by atoms with E-state index < -0.39 is 5.97 Å². The van der Waals surface area contributed by atoms with Gasteiger partial charge in [0.25, 0.3) is 5.91 Å². The second kappa shape index (κ2) is 9.23. The predicted octanol–water partition coefficient (Wildman–Crippen LogP) is 3.69. The first-order valence-corrected chi connectivity index (χ1v) is 9.04. The molecule has 7 heteroatoms. The Balaban J connectivity index is 2.15. The molecule has 0 heterocycles. The number of esters is 1. The van der Waals surface area contributed by atoms with E-state index in [9.17, 15) is 9.59 Å². The molecule has 0 radical (unpaired) electrons. The molecular weight excluding hydrogens is 372 g/mol. The molecule has 1 amide bonds. The van der Waals surface area contributed by atoms with E-state index in [4.69, 9.17) is 14.2 Å². The van der Waals surface area contributed by atoms with Crippen LogP contribution in [-0.4, -0.2) is 32.3 Å². The van der Waals surface area contributed by atoms with Gasteiger partial charge in [-0.15, -0.1) is 0 Å². The van der Waals surface area contributed by atoms with Crippen LogP contribution in [0.15, 0.2) is 41.5 Å². The molecule has 7 nitrogen and oxygen atoms in total. The molecule has 2 aromatic carbocycles. The highest BCUT2D eigenvalue weighted by atomic mass is 16.6. The molecule has 2 rings (SSSR count). The number of benzene rings is 2. The van der Waals surface area contributed by atoms with Crippen LogP contribution in [0.25, 0.3) is 0 Å². The van der Waals surface area contributed by atoms with E-state index in [1.165, 1.54) is 27.4 Å². The number of amides is 1. The Bertz CT molecular complexity index is 887. The Hall–Kier alpha value is -3.35. The van der Waals surface area contributed by atoms with Gasteiger partial charge in [0.2, 0.25) is 5.75 Å². The topological polar surface area (TPSA) is 86.2 Å². The quantitative estimate of drug-likeness (QED) is 0.347. The summed E-state index contributed by atoms with van der Waals surface area (Å²) in [7, 11) is 2.90. The summed E-state index contributed by atoms with van der Waals surface area (Å²) in [5.74, 6) is -0.0113. The first-order valence-electron chi connectivity index (χ1n) is 9.04. The second-order valence-corrected chi connectivity index (χ2v) is 7.37. The number of hydrazone groups is 1. The van der Waals surface area contributed by atoms with Crippen LogP contribution in [0, 0.1) is 0 Å². The van der Waals surface area contributed by atoms with Gasteiger partial charge in [0.05, 0.1) is 20.4 Å². The molecule has 0 fully saturated rings. The van der Waals surface area contributed by atoms with Crippen molar-refractivity contribution in [3.63, 3.8) is 0 Å². The van der Waals surface area contributed by atoms with Crippen LogP contribution < -0.4 is 19.6 Å². The summed E-state index contributed by atoms with van der Waals surface area (Å²) in [6, 6.07) is 10.6. The summed E-state index contributed by atoms with van der Waals surface area (Å²) >= 11 is 0. The molecule has 0 aliphatic carbocycles. The first-order chi connectivity index (χ1) is 13.7. The third-order valence-electron chi connectivity index (χ3n) is 4.12. The van der Waals surface area contributed by atoms with Crippen LogP contribution >= 0.6 is 0 Å². The third-order valence-corrected chi connectivity index (χ3v) is 4.12. The normalized spacial score (nSPS) is 11.2. The zero-order valence-corrected chi connectivity index (χ0v) is 17.5. The van der Waals surface area contributed by atoms with Gasteiger partial charge in [-0.2, -0.15) is 5.10 Å². The standard InChI is InChI=1S/C22H26N2O5/c1-14(25)29-20-18(27-5)11-15(12-19(20)28-6)13-23-24-21(26)16-7-9-17(10-8-16)22(2,3)4/h7-13H,1-6H3,(H,24,26)/b23-13-. The van der Waals surface area contributed by atoms with Crippen molar-refractivity contribution in [1.29, 1.82) is 0 Å². The average molecular weight is 398 g/mol. The van der Waals surface area contributed by atoms with Crippen LogP contribution in [0.4, 0.5) is 0 Å². The highest BCUT2D eigenvalue weighted by Gasteiger charge is 2.16. The second-order valence-electron chi connectivity index (χ2n) is 7.37. The molecule has 2 aromatic rings. The molecule has 0 aliphatic rings. The SMILES string of the molecule is COc1cc(/C=N\NC(=O)c2ccc(C(C)(C)C)cc2)cc(OC)c1OC(C)=O. The van der Waals surface area contributed by atoms with E-state index in [-0.39, 0.29) is 17.1 Å². The molecule has 0 unspecified atom stereocenters. The molecule has 0 aromatic heterocycles. The maximum Gasteiger partial charge on any atom is 0.308 e. The van der Waals surface area contributed by atoms with Gasteiger partial charge in [-0.25, -0.2) is 5.43 Å². The number of methoxy groups -OCH3 is 2. The van der Waals surface area contributed by atoms with Crippen LogP contribution in [0.2, 0.25) is 0 Å². The molecule has 0 atom stereocenters. The van der Waals surface area contributed by atoms with E-state index >= 15 is 0 Å². The lowest BCUT2D eigenvalue weighted by Crippen LogP contribution is -2.18. The van der Waals surface area contributed by atoms with Crippen molar-refractivity contribution in [2.45, 2.75) is 33.1 Å². The van der Waals surface area contributed by atoms with Gasteiger partial charge in [-0.3, -0.25) is 9.59 Å². The lowest BCUT2D eigenvalue weighted by molar-refractivity contribution is -0.132. The van der Waals surface area contributed by atoms with E-state index in [0.717, 1.165) is 5.56 Å². The van der Waals surface area contributed by atoms with Crippen LogP contribution in [0.5, 0.6) is 17.2 Å². The Morgan fingerprint density at radius 2 is 1.55 bits per heavy atom. The summed E-state index contributed by atoms with van der Waals surface area (Å²) in [6.07, 6.45) is 1.45. The zero-order chi connectivity index (χ0) is 21.6. The van der Waals surface area contributed by atoms with Gasteiger partial charge in [0, 0.05) is 18.1 Å². The smallest absolute Gasteiger partial charge is 0.308 e. The Labute approximate surface area is 170 Å². The molecule has 1 N–H and O–H groups in total. The van der Waals surface area contributed by atoms with Crippen LogP contribution in [0.1, 0.15) is 49.2 Å². The van der Waals surface area contributed by atoms with Crippen molar-refractivity contribution in [1.82, 2.24) is 5.43 Å². The van der Waals surface area contributed by atoms with Gasteiger partial charge < -0.3 is 14.2 Å². The number of nitrogens with zero attached hydrogens (tertiary/aromatic N) is 1. The van der Waals surface area contributed by atoms with Crippen molar-refractivity contribution >= 4 is 18.1 Å². The van der Waals surface area contributed by atoms with Crippen LogP contribution in [-0.2, 0) is 10.2 Å². The van der Waals surface area contributed by atoms with Crippen molar-refractivity contribution in [3.05, 3.63) is 53.1 Å². The van der Waals surface area contributed by atoms with Crippen LogP contribution in [0.3, 0.4) is 0 Å². The fourth-order valence-corrected chi connectivity index (χ4v) is 2.57. The van der Waals surface area contributed by atoms with E-state index in [2.05, 4.69) is 31.3 Å². The molecule has 0 saturated heterocycles. The predicted molar refractivity (Wildman–Crippen MR) is 111 cm³/mol. The maximum absolute atomic E-state index is 12.3.